The Balaban J connectivity index is 1.48. The number of para-hydroxylation sites is 1. The van der Waals surface area contributed by atoms with Crippen molar-refractivity contribution in [2.45, 2.75) is 37.8 Å². The molecule has 1 aliphatic carbocycles. The van der Waals surface area contributed by atoms with Gasteiger partial charge in [-0.15, -0.1) is 0 Å². The Hall–Kier alpha value is -3.00. The second-order valence-electron chi connectivity index (χ2n) is 9.18. The Labute approximate surface area is 214 Å². The van der Waals surface area contributed by atoms with Gasteiger partial charge in [0.15, 0.2) is 5.82 Å². The number of nitrogens with zero attached hydrogens (tertiary/aromatic N) is 2. The molecule has 0 unspecified atom stereocenters. The van der Waals surface area contributed by atoms with Gasteiger partial charge in [-0.05, 0) is 69.3 Å². The van der Waals surface area contributed by atoms with Crippen molar-refractivity contribution in [1.82, 2.24) is 15.3 Å². The molecule has 2 aromatic carbocycles. The first-order valence-corrected chi connectivity index (χ1v) is 14.6. The lowest BCUT2D eigenvalue weighted by Gasteiger charge is -2.26. The number of benzene rings is 2. The van der Waals surface area contributed by atoms with Crippen molar-refractivity contribution in [3.05, 3.63) is 65.1 Å². The Morgan fingerprint density at radius 1 is 1.11 bits per heavy atom. The van der Waals surface area contributed by atoms with Gasteiger partial charge >= 0.3 is 0 Å². The summed E-state index contributed by atoms with van der Waals surface area (Å²) in [5, 5.41) is 19.4. The van der Waals surface area contributed by atoms with Gasteiger partial charge in [0.25, 0.3) is 5.91 Å². The van der Waals surface area contributed by atoms with Gasteiger partial charge in [0, 0.05) is 17.0 Å². The molecule has 4 rings (SSSR count). The minimum atomic E-state index is -2.56. The van der Waals surface area contributed by atoms with Gasteiger partial charge in [0.05, 0.1) is 23.6 Å². The molecule has 36 heavy (non-hydrogen) atoms. The van der Waals surface area contributed by atoms with Gasteiger partial charge in [-0.1, -0.05) is 23.7 Å². The Morgan fingerprint density at radius 2 is 1.83 bits per heavy atom. The van der Waals surface area contributed by atoms with Crippen molar-refractivity contribution in [2.75, 3.05) is 24.0 Å². The average Bonchev–Trinajstić information content (AvgIpc) is 2.82. The van der Waals surface area contributed by atoms with E-state index in [-0.39, 0.29) is 28.7 Å². The first-order valence-electron chi connectivity index (χ1n) is 11.6. The number of carbonyl (C=O) groups excluding carboxylic acids is 1. The lowest BCUT2D eigenvalue weighted by Crippen LogP contribution is -2.38. The number of rotatable bonds is 7. The van der Waals surface area contributed by atoms with Crippen molar-refractivity contribution in [2.24, 2.45) is 0 Å². The average molecular weight is 532 g/mol. The minimum absolute atomic E-state index is 0.0637. The minimum Gasteiger partial charge on any atom is -0.393 e. The Kier molecular flexibility index (Phi) is 7.93. The van der Waals surface area contributed by atoms with E-state index in [1.54, 1.807) is 31.5 Å². The molecule has 0 bridgehead atoms. The molecule has 11 heteroatoms. The number of aliphatic hydroxyl groups excluding tert-OH is 1. The molecule has 8 nitrogen and oxygen atoms in total. The summed E-state index contributed by atoms with van der Waals surface area (Å²) in [4.78, 5) is 21.1. The lowest BCUT2D eigenvalue weighted by molar-refractivity contribution is 0.0864. The second-order valence-corrected chi connectivity index (χ2v) is 12.8. The standard InChI is InChI=1S/C25H28ClFN5O3P/c1-36(2,35)22-6-4-3-5-21(22)31-23-19(26)14-28-25(32-23)30-16-9-12-18(20(27)13-16)24(34)29-15-7-10-17(33)11-8-15/h3-6,9,12-15,17,33H,7-8,10-11H2,1-2H3,(H,29,34)(H2,28,30,31,32). The van der Waals surface area contributed by atoms with Gasteiger partial charge in [0.1, 0.15) is 18.0 Å². The van der Waals surface area contributed by atoms with Crippen LogP contribution >= 0.6 is 18.7 Å². The molecule has 1 aromatic heterocycles. The molecule has 190 valence electrons. The lowest BCUT2D eigenvalue weighted by atomic mass is 9.93. The molecular formula is C25H28ClFN5O3P. The van der Waals surface area contributed by atoms with E-state index in [9.17, 15) is 18.9 Å². The molecule has 0 atom stereocenters. The molecule has 1 heterocycles. The molecule has 1 saturated carbocycles. The normalized spacial score (nSPS) is 17.9. The van der Waals surface area contributed by atoms with E-state index in [0.717, 1.165) is 0 Å². The molecule has 1 aliphatic rings. The number of hydrogen-bond donors (Lipinski definition) is 4. The molecule has 0 aliphatic heterocycles. The number of aromatic nitrogens is 2. The highest BCUT2D eigenvalue weighted by Crippen LogP contribution is 2.38. The zero-order valence-corrected chi connectivity index (χ0v) is 21.6. The number of nitrogens with one attached hydrogen (secondary N) is 3. The van der Waals surface area contributed by atoms with Gasteiger partial charge < -0.3 is 25.6 Å². The predicted molar refractivity (Wildman–Crippen MR) is 141 cm³/mol. The smallest absolute Gasteiger partial charge is 0.254 e. The molecule has 1 fully saturated rings. The fourth-order valence-electron chi connectivity index (χ4n) is 4.08. The van der Waals surface area contributed by atoms with E-state index in [1.165, 1.54) is 18.3 Å². The maximum Gasteiger partial charge on any atom is 0.254 e. The monoisotopic (exact) mass is 531 g/mol. The molecule has 0 spiro atoms. The zero-order chi connectivity index (χ0) is 25.9. The van der Waals surface area contributed by atoms with Crippen LogP contribution in [0.1, 0.15) is 36.0 Å². The number of halogens is 2. The van der Waals surface area contributed by atoms with Crippen LogP contribution in [-0.4, -0.2) is 46.5 Å². The highest BCUT2D eigenvalue weighted by Gasteiger charge is 2.23. The summed E-state index contributed by atoms with van der Waals surface area (Å²) in [7, 11) is -2.56. The van der Waals surface area contributed by atoms with E-state index in [1.807, 2.05) is 12.1 Å². The van der Waals surface area contributed by atoms with E-state index in [4.69, 9.17) is 11.6 Å². The topological polar surface area (TPSA) is 116 Å². The summed E-state index contributed by atoms with van der Waals surface area (Å²) in [5.74, 6) is -0.717. The summed E-state index contributed by atoms with van der Waals surface area (Å²) in [6.07, 6.45) is 3.64. The third kappa shape index (κ3) is 6.40. The maximum atomic E-state index is 14.8. The third-order valence-electron chi connectivity index (χ3n) is 5.98. The molecule has 1 amide bonds. The van der Waals surface area contributed by atoms with Gasteiger partial charge in [0.2, 0.25) is 5.95 Å². The molecule has 4 N–H and O–H groups in total. The number of carbonyl (C=O) groups is 1. The molecular weight excluding hydrogens is 504 g/mol. The summed E-state index contributed by atoms with van der Waals surface area (Å²) in [5.41, 5.74) is 0.905. The SMILES string of the molecule is CP(C)(=O)c1ccccc1Nc1nc(Nc2ccc(C(=O)NC3CCC(O)CC3)c(F)c2)ncc1Cl. The van der Waals surface area contributed by atoms with Crippen LogP contribution in [0, 0.1) is 5.82 Å². The number of hydrogen-bond acceptors (Lipinski definition) is 7. The van der Waals surface area contributed by atoms with Crippen LogP contribution in [0.25, 0.3) is 0 Å². The maximum absolute atomic E-state index is 14.8. The van der Waals surface area contributed by atoms with Crippen LogP contribution in [0.2, 0.25) is 5.02 Å². The van der Waals surface area contributed by atoms with Crippen molar-refractivity contribution in [3.8, 4) is 0 Å². The van der Waals surface area contributed by atoms with Crippen LogP contribution < -0.4 is 21.3 Å². The van der Waals surface area contributed by atoms with Crippen LogP contribution in [-0.2, 0) is 4.57 Å². The highest BCUT2D eigenvalue weighted by molar-refractivity contribution is 7.70. The summed E-state index contributed by atoms with van der Waals surface area (Å²) in [6.45, 7) is 3.36. The Bertz CT molecular complexity index is 1310. The zero-order valence-electron chi connectivity index (χ0n) is 20.0. The highest BCUT2D eigenvalue weighted by atomic mass is 35.5. The van der Waals surface area contributed by atoms with Crippen molar-refractivity contribution in [1.29, 1.82) is 0 Å². The summed E-state index contributed by atoms with van der Waals surface area (Å²) < 4.78 is 27.4. The number of aliphatic hydroxyl groups is 1. The van der Waals surface area contributed by atoms with Crippen LogP contribution in [0.15, 0.2) is 48.7 Å². The van der Waals surface area contributed by atoms with E-state index < -0.39 is 18.9 Å². The van der Waals surface area contributed by atoms with Crippen LogP contribution in [0.5, 0.6) is 0 Å². The van der Waals surface area contributed by atoms with Crippen LogP contribution in [0.3, 0.4) is 0 Å². The number of amides is 1. The largest absolute Gasteiger partial charge is 0.393 e. The fourth-order valence-corrected chi connectivity index (χ4v) is 5.37. The van der Waals surface area contributed by atoms with Crippen molar-refractivity contribution in [3.63, 3.8) is 0 Å². The van der Waals surface area contributed by atoms with E-state index >= 15 is 0 Å². The fraction of sp³-hybridized carbons (Fsp3) is 0.320. The number of anilines is 4. The molecule has 0 radical (unpaired) electrons. The predicted octanol–water partition coefficient (Wildman–Crippen LogP) is 5.04. The third-order valence-corrected chi connectivity index (χ3v) is 7.81. The van der Waals surface area contributed by atoms with Crippen molar-refractivity contribution >= 4 is 53.1 Å². The molecule has 3 aromatic rings. The first kappa shape index (κ1) is 26.1. The molecule has 0 saturated heterocycles. The van der Waals surface area contributed by atoms with E-state index in [2.05, 4.69) is 25.9 Å². The summed E-state index contributed by atoms with van der Waals surface area (Å²) >= 11 is 6.28. The Morgan fingerprint density at radius 3 is 2.53 bits per heavy atom. The van der Waals surface area contributed by atoms with Crippen LogP contribution in [0.4, 0.5) is 27.5 Å². The van der Waals surface area contributed by atoms with Gasteiger partial charge in [-0.2, -0.15) is 4.98 Å². The van der Waals surface area contributed by atoms with E-state index in [0.29, 0.717) is 48.2 Å². The van der Waals surface area contributed by atoms with Gasteiger partial charge in [-0.3, -0.25) is 4.79 Å². The second kappa shape index (κ2) is 10.9. The van der Waals surface area contributed by atoms with Crippen molar-refractivity contribution < 1.29 is 18.9 Å². The first-order chi connectivity index (χ1) is 17.1. The summed E-state index contributed by atoms with van der Waals surface area (Å²) in [6, 6.07) is 11.3. The van der Waals surface area contributed by atoms with Gasteiger partial charge in [-0.25, -0.2) is 9.37 Å². The quantitative estimate of drug-likeness (QED) is 0.316.